The zero-order chi connectivity index (χ0) is 34.0. The van der Waals surface area contributed by atoms with Crippen molar-refractivity contribution in [3.8, 4) is 11.4 Å². The van der Waals surface area contributed by atoms with Gasteiger partial charge in [-0.05, 0) is 49.7 Å². The third-order valence-corrected chi connectivity index (χ3v) is 4.11. The lowest BCUT2D eigenvalue weighted by molar-refractivity contribution is -0.395. The number of aliphatic hydroxyl groups excluding tert-OH is 2. The maximum absolute atomic E-state index is 10.8. The summed E-state index contributed by atoms with van der Waals surface area (Å²) in [5, 5.41) is 94.4. The molecule has 0 amide bonds. The van der Waals surface area contributed by atoms with Gasteiger partial charge >= 0.3 is 47.1 Å². The smallest absolute Gasteiger partial charge is 0.400 e. The van der Waals surface area contributed by atoms with Crippen LogP contribution in [0.1, 0.15) is 0 Å². The summed E-state index contributed by atoms with van der Waals surface area (Å²) in [4.78, 5) is 64.3. The number of nitro groups is 6. The first-order valence-corrected chi connectivity index (χ1v) is 10.0. The molecule has 4 aromatic heterocycles. The van der Waals surface area contributed by atoms with E-state index >= 15 is 0 Å². The molecule has 0 aliphatic carbocycles. The first-order valence-electron chi connectivity index (χ1n) is 10.0. The molecule has 4 aromatic rings. The molecule has 0 bridgehead atoms. The molecule has 0 aromatic carbocycles. The van der Waals surface area contributed by atoms with Crippen molar-refractivity contribution in [1.82, 2.24) is 49.9 Å². The van der Waals surface area contributed by atoms with Crippen molar-refractivity contribution in [1.29, 1.82) is 0 Å². The van der Waals surface area contributed by atoms with Crippen molar-refractivity contribution >= 4 is 47.1 Å². The monoisotopic (exact) mass is 634 g/mol. The Morgan fingerprint density at radius 3 is 1.07 bits per heavy atom. The SMILES string of the molecule is CO.CO.Nc1nc([N+](=O)[O-])nn1-c1c([N+](=O)[O-])n[nH]c1[N+](=O)[O-].Nc1nc([N+](=O)[O-])nn1-c1c([N+](=O)[O-])n[nH]c1[N+](=O)[O-]. The van der Waals surface area contributed by atoms with Gasteiger partial charge in [0.1, 0.15) is 10.2 Å². The van der Waals surface area contributed by atoms with E-state index in [0.29, 0.717) is 9.36 Å². The molecule has 0 radical (unpaired) electrons. The maximum Gasteiger partial charge on any atom is 0.493 e. The number of hydrogen-bond acceptors (Lipinski definition) is 22. The van der Waals surface area contributed by atoms with E-state index in [-0.39, 0.29) is 0 Å². The van der Waals surface area contributed by atoms with Crippen molar-refractivity contribution in [2.75, 3.05) is 25.7 Å². The van der Waals surface area contributed by atoms with Crippen LogP contribution in [-0.2, 0) is 0 Å². The van der Waals surface area contributed by atoms with Crippen LogP contribution in [0.4, 0.5) is 47.1 Å². The van der Waals surface area contributed by atoms with Crippen molar-refractivity contribution < 1.29 is 39.8 Å². The number of aromatic amines is 2. The number of aliphatic hydroxyl groups is 2. The van der Waals surface area contributed by atoms with Crippen LogP contribution in [0, 0.1) is 60.7 Å². The molecule has 0 saturated heterocycles. The van der Waals surface area contributed by atoms with Crippen LogP contribution in [0.5, 0.6) is 0 Å². The highest BCUT2D eigenvalue weighted by Gasteiger charge is 2.39. The normalized spacial score (nSPS) is 9.73. The molecule has 4 heterocycles. The molecule has 0 fully saturated rings. The second kappa shape index (κ2) is 14.3. The molecule has 0 saturated carbocycles. The highest BCUT2D eigenvalue weighted by Crippen LogP contribution is 2.32. The fourth-order valence-corrected chi connectivity index (χ4v) is 2.64. The topological polar surface area (TPSA) is 470 Å². The van der Waals surface area contributed by atoms with Crippen LogP contribution in [0.3, 0.4) is 0 Å². The average Bonchev–Trinajstić information content (AvgIpc) is 3.74. The van der Waals surface area contributed by atoms with E-state index in [1.807, 2.05) is 10.2 Å². The zero-order valence-electron chi connectivity index (χ0n) is 21.2. The summed E-state index contributed by atoms with van der Waals surface area (Å²) in [6.07, 6.45) is 0. The number of nitrogens with one attached hydrogen (secondary N) is 2. The highest BCUT2D eigenvalue weighted by molar-refractivity contribution is 5.61. The number of aromatic nitrogens is 10. The number of nitrogen functional groups attached to an aromatic ring is 2. The predicted octanol–water partition coefficient (Wildman–Crippen LogP) is -2.19. The van der Waals surface area contributed by atoms with E-state index in [9.17, 15) is 60.7 Å². The Kier molecular flexibility index (Phi) is 11.3. The summed E-state index contributed by atoms with van der Waals surface area (Å²) < 4.78 is 0.801. The molecule has 32 nitrogen and oxygen atoms in total. The molecular formula is C12H14N18O14. The number of hydrogen-bond donors (Lipinski definition) is 6. The van der Waals surface area contributed by atoms with Gasteiger partial charge in [0, 0.05) is 24.4 Å². The Hall–Kier alpha value is -7.38. The minimum Gasteiger partial charge on any atom is -0.400 e. The minimum atomic E-state index is -1.04. The summed E-state index contributed by atoms with van der Waals surface area (Å²) in [5.41, 5.74) is 9.11. The second-order valence-corrected chi connectivity index (χ2v) is 6.40. The molecule has 0 atom stereocenters. The Bertz CT molecular complexity index is 1530. The van der Waals surface area contributed by atoms with Gasteiger partial charge < -0.3 is 82.4 Å². The van der Waals surface area contributed by atoms with Crippen molar-refractivity contribution in [3.05, 3.63) is 60.7 Å². The lowest BCUT2D eigenvalue weighted by atomic mass is 10.4. The number of H-pyrrole nitrogens is 2. The lowest BCUT2D eigenvalue weighted by Gasteiger charge is -1.95. The molecule has 0 unspecified atom stereocenters. The summed E-state index contributed by atoms with van der Waals surface area (Å²) >= 11 is 0. The van der Waals surface area contributed by atoms with E-state index < -0.39 is 88.0 Å². The molecular weight excluding hydrogens is 620 g/mol. The van der Waals surface area contributed by atoms with E-state index in [4.69, 9.17) is 21.7 Å². The lowest BCUT2D eigenvalue weighted by Crippen LogP contribution is -2.06. The summed E-state index contributed by atoms with van der Waals surface area (Å²) in [5.74, 6) is -6.94. The first-order chi connectivity index (χ1) is 20.6. The fraction of sp³-hybridized carbons (Fsp3) is 0.167. The van der Waals surface area contributed by atoms with Crippen molar-refractivity contribution in [2.45, 2.75) is 0 Å². The third kappa shape index (κ3) is 7.03. The summed E-state index contributed by atoms with van der Waals surface area (Å²) in [7, 11) is 2.00. The Labute approximate surface area is 235 Å². The quantitative estimate of drug-likeness (QED) is 0.0884. The van der Waals surface area contributed by atoms with Crippen LogP contribution in [0.15, 0.2) is 0 Å². The Morgan fingerprint density at radius 1 is 0.568 bits per heavy atom. The van der Waals surface area contributed by atoms with Crippen molar-refractivity contribution in [3.63, 3.8) is 0 Å². The van der Waals surface area contributed by atoms with Crippen LogP contribution >= 0.6 is 0 Å². The predicted molar refractivity (Wildman–Crippen MR) is 132 cm³/mol. The minimum absolute atomic E-state index is 0.401. The van der Waals surface area contributed by atoms with Crippen molar-refractivity contribution in [2.24, 2.45) is 0 Å². The van der Waals surface area contributed by atoms with Gasteiger partial charge in [-0.1, -0.05) is 0 Å². The number of anilines is 2. The zero-order valence-corrected chi connectivity index (χ0v) is 21.2. The molecule has 8 N–H and O–H groups in total. The highest BCUT2D eigenvalue weighted by atomic mass is 16.7. The van der Waals surface area contributed by atoms with Gasteiger partial charge in [-0.3, -0.25) is 0 Å². The molecule has 44 heavy (non-hydrogen) atoms. The molecule has 0 aliphatic heterocycles. The number of nitrogens with zero attached hydrogens (tertiary/aromatic N) is 14. The van der Waals surface area contributed by atoms with Crippen LogP contribution < -0.4 is 11.5 Å². The van der Waals surface area contributed by atoms with Crippen LogP contribution in [0.25, 0.3) is 11.4 Å². The number of nitrogens with two attached hydrogens (primary N) is 2. The molecule has 4 rings (SSSR count). The second-order valence-electron chi connectivity index (χ2n) is 6.40. The Morgan fingerprint density at radius 2 is 0.864 bits per heavy atom. The standard InChI is InChI=1S/2C5H3N9O6.2CH4O/c2*6-4-7-5(14(19)20)10-11(4)1-2(12(15)16)8-9-3(1)13(17)18;2*1-2/h2*(H,8,9)(H2,6,7,10);2*2H,1H3. The Balaban J connectivity index is 0.000000395. The van der Waals surface area contributed by atoms with Crippen LogP contribution in [-0.4, -0.2) is 104 Å². The van der Waals surface area contributed by atoms with Gasteiger partial charge in [0.05, 0.1) is 0 Å². The average molecular weight is 634 g/mol. The maximum atomic E-state index is 10.8. The fourth-order valence-electron chi connectivity index (χ4n) is 2.64. The van der Waals surface area contributed by atoms with Gasteiger partial charge in [-0.15, -0.1) is 9.36 Å². The van der Waals surface area contributed by atoms with Gasteiger partial charge in [0.25, 0.3) is 11.4 Å². The van der Waals surface area contributed by atoms with Gasteiger partial charge in [-0.2, -0.15) is 0 Å². The van der Waals surface area contributed by atoms with E-state index in [2.05, 4.69) is 30.4 Å². The molecule has 0 aliphatic rings. The first kappa shape index (κ1) is 34.6. The van der Waals surface area contributed by atoms with Crippen LogP contribution in [0.2, 0.25) is 0 Å². The summed E-state index contributed by atoms with van der Waals surface area (Å²) in [6.45, 7) is 0. The molecule has 32 heteroatoms. The van der Waals surface area contributed by atoms with E-state index in [1.54, 1.807) is 0 Å². The van der Waals surface area contributed by atoms with Gasteiger partial charge in [0.2, 0.25) is 0 Å². The van der Waals surface area contributed by atoms with E-state index in [0.717, 1.165) is 14.2 Å². The molecule has 0 spiro atoms. The van der Waals surface area contributed by atoms with Gasteiger partial charge in [0.15, 0.2) is 0 Å². The van der Waals surface area contributed by atoms with E-state index in [1.165, 1.54) is 0 Å². The third-order valence-electron chi connectivity index (χ3n) is 4.11. The number of rotatable bonds is 8. The summed E-state index contributed by atoms with van der Waals surface area (Å²) in [6, 6.07) is 0. The largest absolute Gasteiger partial charge is 0.493 e. The molecule has 236 valence electrons. The van der Waals surface area contributed by atoms with Gasteiger partial charge in [-0.25, -0.2) is 0 Å².